The predicted octanol–water partition coefficient (Wildman–Crippen LogP) is 2.15. The topological polar surface area (TPSA) is 87.9 Å². The molecule has 30 heavy (non-hydrogen) atoms. The van der Waals surface area contributed by atoms with Crippen molar-refractivity contribution in [3.05, 3.63) is 30.3 Å². The molecule has 7 nitrogen and oxygen atoms in total. The van der Waals surface area contributed by atoms with Crippen molar-refractivity contribution in [3.63, 3.8) is 0 Å². The maximum Gasteiger partial charge on any atom is 0.243 e. The minimum atomic E-state index is -0.875. The van der Waals surface area contributed by atoms with Gasteiger partial charge in [0.05, 0.1) is 12.6 Å². The lowest BCUT2D eigenvalue weighted by Gasteiger charge is -2.59. The van der Waals surface area contributed by atoms with Gasteiger partial charge >= 0.3 is 0 Å². The van der Waals surface area contributed by atoms with Crippen LogP contribution in [0.3, 0.4) is 0 Å². The van der Waals surface area contributed by atoms with Crippen LogP contribution in [0.15, 0.2) is 30.3 Å². The zero-order valence-corrected chi connectivity index (χ0v) is 19.6. The number of nitrogens with one attached hydrogen (secondary N) is 1. The fourth-order valence-corrected chi connectivity index (χ4v) is 4.11. The summed E-state index contributed by atoms with van der Waals surface area (Å²) in [6.07, 6.45) is 0.584. The number of anilines is 1. The molecular weight excluding hydrogens is 427 g/mol. The summed E-state index contributed by atoms with van der Waals surface area (Å²) in [7, 11) is 0. The molecule has 170 valence electrons. The lowest BCUT2D eigenvalue weighted by Crippen LogP contribution is -2.76. The molecule has 9 heteroatoms. The third-order valence-corrected chi connectivity index (χ3v) is 6.30. The van der Waals surface area contributed by atoms with Crippen molar-refractivity contribution >= 4 is 42.3 Å². The van der Waals surface area contributed by atoms with E-state index in [-0.39, 0.29) is 48.1 Å². The van der Waals surface area contributed by atoms with Gasteiger partial charge in [-0.3, -0.25) is 14.5 Å². The van der Waals surface area contributed by atoms with E-state index < -0.39 is 5.54 Å². The third kappa shape index (κ3) is 5.26. The Kier molecular flexibility index (Phi) is 9.57. The molecule has 2 atom stereocenters. The van der Waals surface area contributed by atoms with E-state index in [0.29, 0.717) is 45.8 Å². The molecule has 1 aromatic carbocycles. The van der Waals surface area contributed by atoms with E-state index in [4.69, 9.17) is 10.5 Å². The molecule has 1 aromatic rings. The lowest BCUT2D eigenvalue weighted by molar-refractivity contribution is -0.180. The molecule has 2 unspecified atom stereocenters. The highest BCUT2D eigenvalue weighted by molar-refractivity contribution is 5.92. The molecule has 2 aliphatic rings. The zero-order valence-electron chi connectivity index (χ0n) is 17.9. The van der Waals surface area contributed by atoms with Crippen LogP contribution in [0, 0.1) is 5.41 Å². The average Bonchev–Trinajstić information content (AvgIpc) is 2.68. The summed E-state index contributed by atoms with van der Waals surface area (Å²) in [6, 6.07) is 9.42. The number of para-hydroxylation sites is 1. The number of rotatable bonds is 6. The molecule has 1 aliphatic heterocycles. The molecule has 1 aliphatic carbocycles. The zero-order chi connectivity index (χ0) is 20.4. The molecular formula is C21H34Cl2N4O3. The maximum absolute atomic E-state index is 13.1. The second-order valence-corrected chi connectivity index (χ2v) is 8.32. The first kappa shape index (κ1) is 26.7. The number of carbonyl (C=O) groups excluding carboxylic acids is 2. The van der Waals surface area contributed by atoms with Gasteiger partial charge in [-0.25, -0.2) is 0 Å². The molecule has 0 bridgehead atoms. The predicted molar refractivity (Wildman–Crippen MR) is 123 cm³/mol. The number of benzene rings is 1. The Morgan fingerprint density at radius 1 is 1.13 bits per heavy atom. The van der Waals surface area contributed by atoms with Gasteiger partial charge in [0.1, 0.15) is 5.54 Å². The van der Waals surface area contributed by atoms with Crippen LogP contribution in [0.25, 0.3) is 0 Å². The standard InChI is InChI=1S/C21H32N4O3.2ClH/c1-4-28-17-14-21(22,20(17,2)3)19(27)25-12-10-24(11-13-25)15-18(26)23-16-8-6-5-7-9-16;;/h5-9,17H,4,10-15,22H2,1-3H3,(H,23,26);2*1H. The van der Waals surface area contributed by atoms with E-state index in [1.165, 1.54) is 0 Å². The van der Waals surface area contributed by atoms with E-state index in [9.17, 15) is 9.59 Å². The van der Waals surface area contributed by atoms with Crippen molar-refractivity contribution in [1.29, 1.82) is 0 Å². The number of amides is 2. The van der Waals surface area contributed by atoms with Crippen molar-refractivity contribution in [3.8, 4) is 0 Å². The van der Waals surface area contributed by atoms with Gasteiger partial charge in [0.2, 0.25) is 11.8 Å². The van der Waals surface area contributed by atoms with Crippen molar-refractivity contribution in [2.45, 2.75) is 38.8 Å². The van der Waals surface area contributed by atoms with E-state index in [1.807, 2.05) is 56.0 Å². The van der Waals surface area contributed by atoms with Crippen LogP contribution in [-0.4, -0.2) is 72.6 Å². The fraction of sp³-hybridized carbons (Fsp3) is 0.619. The summed E-state index contributed by atoms with van der Waals surface area (Å²) in [5, 5.41) is 2.90. The van der Waals surface area contributed by atoms with E-state index >= 15 is 0 Å². The number of ether oxygens (including phenoxy) is 1. The van der Waals surface area contributed by atoms with Crippen LogP contribution < -0.4 is 11.1 Å². The minimum absolute atomic E-state index is 0. The molecule has 1 saturated heterocycles. The van der Waals surface area contributed by atoms with Gasteiger partial charge in [-0.1, -0.05) is 32.0 Å². The van der Waals surface area contributed by atoms with Crippen molar-refractivity contribution in [1.82, 2.24) is 9.80 Å². The Balaban J connectivity index is 0.00000225. The van der Waals surface area contributed by atoms with Gasteiger partial charge in [-0.15, -0.1) is 24.8 Å². The Bertz CT molecular complexity index is 711. The molecule has 1 heterocycles. The summed E-state index contributed by atoms with van der Waals surface area (Å²) >= 11 is 0. The largest absolute Gasteiger partial charge is 0.378 e. The van der Waals surface area contributed by atoms with Crippen molar-refractivity contribution in [2.24, 2.45) is 11.1 Å². The van der Waals surface area contributed by atoms with Crippen molar-refractivity contribution in [2.75, 3.05) is 44.6 Å². The highest BCUT2D eigenvalue weighted by Gasteiger charge is 2.63. The van der Waals surface area contributed by atoms with Crippen molar-refractivity contribution < 1.29 is 14.3 Å². The van der Waals surface area contributed by atoms with Gasteiger partial charge in [-0.05, 0) is 19.1 Å². The minimum Gasteiger partial charge on any atom is -0.378 e. The molecule has 0 radical (unpaired) electrons. The number of hydrogen-bond acceptors (Lipinski definition) is 5. The lowest BCUT2D eigenvalue weighted by atomic mass is 9.54. The van der Waals surface area contributed by atoms with Crippen LogP contribution >= 0.6 is 24.8 Å². The number of hydrogen-bond donors (Lipinski definition) is 2. The summed E-state index contributed by atoms with van der Waals surface area (Å²) in [4.78, 5) is 29.2. The molecule has 0 spiro atoms. The quantitative estimate of drug-likeness (QED) is 0.678. The smallest absolute Gasteiger partial charge is 0.243 e. The van der Waals surface area contributed by atoms with E-state index in [2.05, 4.69) is 10.2 Å². The summed E-state index contributed by atoms with van der Waals surface area (Å²) in [5.74, 6) is -0.0391. The fourth-order valence-electron chi connectivity index (χ4n) is 4.11. The van der Waals surface area contributed by atoms with Crippen LogP contribution in [-0.2, 0) is 14.3 Å². The first-order valence-corrected chi connectivity index (χ1v) is 10.0. The molecule has 2 fully saturated rings. The molecule has 2 amide bonds. The number of carbonyl (C=O) groups is 2. The van der Waals surface area contributed by atoms with Crippen LogP contribution in [0.4, 0.5) is 5.69 Å². The van der Waals surface area contributed by atoms with Crippen LogP contribution in [0.1, 0.15) is 27.2 Å². The van der Waals surface area contributed by atoms with Gasteiger partial charge in [-0.2, -0.15) is 0 Å². The number of halogens is 2. The SMILES string of the molecule is CCOC1CC(N)(C(=O)N2CCN(CC(=O)Nc3ccccc3)CC2)C1(C)C.Cl.Cl. The molecule has 3 rings (SSSR count). The number of nitrogens with zero attached hydrogens (tertiary/aromatic N) is 2. The highest BCUT2D eigenvalue weighted by atomic mass is 35.5. The third-order valence-electron chi connectivity index (χ3n) is 6.30. The van der Waals surface area contributed by atoms with Gasteiger partial charge < -0.3 is 20.7 Å². The Morgan fingerprint density at radius 2 is 1.73 bits per heavy atom. The summed E-state index contributed by atoms with van der Waals surface area (Å²) in [5.41, 5.74) is 6.06. The molecule has 0 aromatic heterocycles. The van der Waals surface area contributed by atoms with E-state index in [0.717, 1.165) is 5.69 Å². The molecule has 1 saturated carbocycles. The Morgan fingerprint density at radius 3 is 2.27 bits per heavy atom. The van der Waals surface area contributed by atoms with Gasteiger partial charge in [0, 0.05) is 50.3 Å². The number of piperazine rings is 1. The second-order valence-electron chi connectivity index (χ2n) is 8.32. The first-order chi connectivity index (χ1) is 13.3. The highest BCUT2D eigenvalue weighted by Crippen LogP contribution is 2.50. The number of nitrogens with two attached hydrogens (primary N) is 1. The average molecular weight is 461 g/mol. The van der Waals surface area contributed by atoms with E-state index in [1.54, 1.807) is 0 Å². The maximum atomic E-state index is 13.1. The van der Waals surface area contributed by atoms with Crippen LogP contribution in [0.2, 0.25) is 0 Å². The summed E-state index contributed by atoms with van der Waals surface area (Å²) in [6.45, 7) is 9.44. The Labute approximate surface area is 191 Å². The normalized spacial score (nSPS) is 25.3. The second kappa shape index (κ2) is 10.8. The summed E-state index contributed by atoms with van der Waals surface area (Å²) < 4.78 is 5.73. The molecule has 3 N–H and O–H groups in total. The van der Waals surface area contributed by atoms with Gasteiger partial charge in [0.25, 0.3) is 0 Å². The Hall–Kier alpha value is -1.38. The monoisotopic (exact) mass is 460 g/mol. The van der Waals surface area contributed by atoms with Gasteiger partial charge in [0.15, 0.2) is 0 Å². The first-order valence-electron chi connectivity index (χ1n) is 10.0. The van der Waals surface area contributed by atoms with Crippen LogP contribution in [0.5, 0.6) is 0 Å².